The fourth-order valence-corrected chi connectivity index (χ4v) is 4.22. The van der Waals surface area contributed by atoms with Gasteiger partial charge in [-0.1, -0.05) is 6.92 Å². The Morgan fingerprint density at radius 3 is 2.92 bits per heavy atom. The molecular formula is C18H25N3O2S. The Morgan fingerprint density at radius 1 is 1.58 bits per heavy atom. The van der Waals surface area contributed by atoms with Gasteiger partial charge in [0.2, 0.25) is 0 Å². The van der Waals surface area contributed by atoms with Crippen molar-refractivity contribution in [3.8, 4) is 6.07 Å². The number of hydrogen-bond acceptors (Lipinski definition) is 4. The number of nitrogens with zero attached hydrogens (tertiary/aromatic N) is 2. The van der Waals surface area contributed by atoms with E-state index in [4.69, 9.17) is 0 Å². The van der Waals surface area contributed by atoms with Crippen molar-refractivity contribution in [3.05, 3.63) is 28.6 Å². The van der Waals surface area contributed by atoms with Crippen molar-refractivity contribution in [2.75, 3.05) is 18.1 Å². The van der Waals surface area contributed by atoms with Gasteiger partial charge in [0.05, 0.1) is 5.60 Å². The van der Waals surface area contributed by atoms with Crippen LogP contribution in [0, 0.1) is 25.2 Å². The molecule has 1 saturated heterocycles. The van der Waals surface area contributed by atoms with Crippen molar-refractivity contribution in [1.82, 2.24) is 9.88 Å². The molecule has 2 N–H and O–H groups in total. The highest BCUT2D eigenvalue weighted by molar-refractivity contribution is 7.99. The Bertz CT molecular complexity index is 679. The average Bonchev–Trinajstić information content (AvgIpc) is 3.10. The summed E-state index contributed by atoms with van der Waals surface area (Å²) in [6.07, 6.45) is 3.33. The number of nitrogens with one attached hydrogen (secondary N) is 1. The van der Waals surface area contributed by atoms with Crippen LogP contribution in [-0.2, 0) is 11.3 Å². The maximum atomic E-state index is 12.3. The van der Waals surface area contributed by atoms with Crippen LogP contribution in [-0.4, -0.2) is 39.2 Å². The first-order valence-corrected chi connectivity index (χ1v) is 9.42. The molecule has 5 nitrogen and oxygen atoms in total. The molecular weight excluding hydrogens is 322 g/mol. The molecule has 1 aliphatic heterocycles. The van der Waals surface area contributed by atoms with Crippen molar-refractivity contribution >= 4 is 23.7 Å². The van der Waals surface area contributed by atoms with Crippen molar-refractivity contribution < 1.29 is 9.90 Å². The lowest BCUT2D eigenvalue weighted by Gasteiger charge is -2.21. The highest BCUT2D eigenvalue weighted by atomic mass is 32.2. The van der Waals surface area contributed by atoms with Crippen LogP contribution >= 0.6 is 11.8 Å². The van der Waals surface area contributed by atoms with Crippen molar-refractivity contribution in [2.24, 2.45) is 0 Å². The average molecular weight is 347 g/mol. The molecule has 24 heavy (non-hydrogen) atoms. The second kappa shape index (κ2) is 7.91. The van der Waals surface area contributed by atoms with Gasteiger partial charge in [0.15, 0.2) is 0 Å². The van der Waals surface area contributed by atoms with Crippen LogP contribution in [0.3, 0.4) is 0 Å². The van der Waals surface area contributed by atoms with Gasteiger partial charge in [-0.3, -0.25) is 4.79 Å². The lowest BCUT2D eigenvalue weighted by atomic mass is 10.0. The summed E-state index contributed by atoms with van der Waals surface area (Å²) in [4.78, 5) is 12.3. The number of thioether (sulfide) groups is 1. The Hall–Kier alpha value is -1.71. The fraction of sp³-hybridized carbons (Fsp3) is 0.556. The molecule has 0 bridgehead atoms. The summed E-state index contributed by atoms with van der Waals surface area (Å²) in [5, 5.41) is 22.3. The summed E-state index contributed by atoms with van der Waals surface area (Å²) in [6.45, 7) is 7.25. The van der Waals surface area contributed by atoms with Gasteiger partial charge in [0.25, 0.3) is 5.91 Å². The molecule has 0 spiro atoms. The van der Waals surface area contributed by atoms with E-state index in [0.717, 1.165) is 35.7 Å². The van der Waals surface area contributed by atoms with E-state index in [-0.39, 0.29) is 12.1 Å². The van der Waals surface area contributed by atoms with Gasteiger partial charge >= 0.3 is 0 Å². The van der Waals surface area contributed by atoms with Crippen LogP contribution in [0.1, 0.15) is 36.7 Å². The lowest BCUT2D eigenvalue weighted by Crippen LogP contribution is -2.43. The summed E-state index contributed by atoms with van der Waals surface area (Å²) < 4.78 is 2.19. The molecule has 6 heteroatoms. The summed E-state index contributed by atoms with van der Waals surface area (Å²) >= 11 is 1.68. The van der Waals surface area contributed by atoms with Crippen LogP contribution in [0.4, 0.5) is 0 Å². The molecule has 1 fully saturated rings. The number of hydrogen-bond donors (Lipinski definition) is 2. The highest BCUT2D eigenvalue weighted by Gasteiger charge is 2.32. The fourth-order valence-electron chi connectivity index (χ4n) is 2.92. The summed E-state index contributed by atoms with van der Waals surface area (Å²) in [5.74, 6) is 1.09. The van der Waals surface area contributed by atoms with E-state index in [0.29, 0.717) is 12.2 Å². The van der Waals surface area contributed by atoms with Crippen LogP contribution in [0.25, 0.3) is 6.08 Å². The third-order valence-electron chi connectivity index (χ3n) is 4.39. The molecule has 1 atom stereocenters. The first-order chi connectivity index (χ1) is 11.4. The minimum Gasteiger partial charge on any atom is -0.387 e. The Morgan fingerprint density at radius 2 is 2.33 bits per heavy atom. The Balaban J connectivity index is 2.12. The quantitative estimate of drug-likeness (QED) is 0.612. The van der Waals surface area contributed by atoms with E-state index < -0.39 is 11.5 Å². The minimum absolute atomic E-state index is 0.0704. The molecule has 1 aromatic heterocycles. The largest absolute Gasteiger partial charge is 0.387 e. The molecule has 1 unspecified atom stereocenters. The maximum Gasteiger partial charge on any atom is 0.262 e. The highest BCUT2D eigenvalue weighted by Crippen LogP contribution is 2.27. The van der Waals surface area contributed by atoms with Crippen LogP contribution in [0.2, 0.25) is 0 Å². The normalized spacial score (nSPS) is 20.9. The summed E-state index contributed by atoms with van der Waals surface area (Å²) in [7, 11) is 0. The number of aliphatic hydroxyl groups is 1. The number of aromatic nitrogens is 1. The van der Waals surface area contributed by atoms with Gasteiger partial charge in [0.1, 0.15) is 11.6 Å². The van der Waals surface area contributed by atoms with Gasteiger partial charge in [-0.05, 0) is 50.1 Å². The summed E-state index contributed by atoms with van der Waals surface area (Å²) in [5.41, 5.74) is 2.29. The van der Waals surface area contributed by atoms with Crippen molar-refractivity contribution in [2.45, 2.75) is 45.8 Å². The van der Waals surface area contributed by atoms with Crippen molar-refractivity contribution in [1.29, 1.82) is 5.26 Å². The van der Waals surface area contributed by atoms with E-state index in [1.807, 2.05) is 26.0 Å². The molecule has 2 heterocycles. The van der Waals surface area contributed by atoms with E-state index in [1.165, 1.54) is 0 Å². The van der Waals surface area contributed by atoms with Gasteiger partial charge < -0.3 is 15.0 Å². The first-order valence-electron chi connectivity index (χ1n) is 8.27. The number of aryl methyl sites for hydroxylation is 1. The van der Waals surface area contributed by atoms with E-state index in [2.05, 4.69) is 16.8 Å². The molecule has 0 saturated carbocycles. The Kier molecular flexibility index (Phi) is 6.14. The second-order valence-electron chi connectivity index (χ2n) is 6.36. The zero-order valence-electron chi connectivity index (χ0n) is 14.6. The Labute approximate surface area is 147 Å². The standard InChI is InChI=1S/C18H25N3O2S/c1-4-6-21-13(2)8-15(14(21)3)9-16(10-19)17(22)20-11-18(23)5-7-24-12-18/h8-9,23H,4-7,11-12H2,1-3H3,(H,20,22). The first kappa shape index (κ1) is 18.6. The topological polar surface area (TPSA) is 78.0 Å². The second-order valence-corrected chi connectivity index (χ2v) is 7.46. The van der Waals surface area contributed by atoms with Gasteiger partial charge in [-0.25, -0.2) is 0 Å². The molecule has 0 radical (unpaired) electrons. The third-order valence-corrected chi connectivity index (χ3v) is 5.62. The van der Waals surface area contributed by atoms with Crippen LogP contribution in [0.5, 0.6) is 0 Å². The molecule has 2 rings (SSSR count). The van der Waals surface area contributed by atoms with E-state index in [1.54, 1.807) is 17.8 Å². The minimum atomic E-state index is -0.849. The predicted molar refractivity (Wildman–Crippen MR) is 97.7 cm³/mol. The van der Waals surface area contributed by atoms with E-state index in [9.17, 15) is 15.2 Å². The number of carbonyl (C=O) groups excluding carboxylic acids is 1. The smallest absolute Gasteiger partial charge is 0.262 e. The maximum absolute atomic E-state index is 12.3. The number of carbonyl (C=O) groups is 1. The third kappa shape index (κ3) is 4.22. The number of amides is 1. The zero-order chi connectivity index (χ0) is 17.7. The molecule has 0 aromatic carbocycles. The lowest BCUT2D eigenvalue weighted by molar-refractivity contribution is -0.118. The SMILES string of the molecule is CCCn1c(C)cc(C=C(C#N)C(=O)NCC2(O)CCSC2)c1C. The zero-order valence-corrected chi connectivity index (χ0v) is 15.4. The van der Waals surface area contributed by atoms with Gasteiger partial charge in [-0.15, -0.1) is 0 Å². The van der Waals surface area contributed by atoms with Gasteiger partial charge in [-0.2, -0.15) is 17.0 Å². The molecule has 1 aliphatic rings. The van der Waals surface area contributed by atoms with Crippen LogP contribution < -0.4 is 5.32 Å². The van der Waals surface area contributed by atoms with Crippen LogP contribution in [0.15, 0.2) is 11.6 Å². The van der Waals surface area contributed by atoms with Gasteiger partial charge in [0, 0.05) is 30.2 Å². The number of rotatable bonds is 6. The monoisotopic (exact) mass is 347 g/mol. The molecule has 1 aromatic rings. The predicted octanol–water partition coefficient (Wildman–Crippen LogP) is 2.41. The van der Waals surface area contributed by atoms with E-state index >= 15 is 0 Å². The molecule has 1 amide bonds. The summed E-state index contributed by atoms with van der Waals surface area (Å²) in [6, 6.07) is 3.98. The number of nitriles is 1. The van der Waals surface area contributed by atoms with Crippen molar-refractivity contribution in [3.63, 3.8) is 0 Å². The molecule has 130 valence electrons. The molecule has 0 aliphatic carbocycles.